The van der Waals surface area contributed by atoms with Gasteiger partial charge in [-0.3, -0.25) is 23.7 Å². The van der Waals surface area contributed by atoms with Crippen molar-refractivity contribution in [1.82, 2.24) is 19.6 Å². The highest BCUT2D eigenvalue weighted by Gasteiger charge is 2.57. The summed E-state index contributed by atoms with van der Waals surface area (Å²) in [4.78, 5) is 54.1. The number of nitrogens with zero attached hydrogens (tertiary/aromatic N) is 2. The number of aromatic amines is 1. The third kappa shape index (κ3) is 7.29. The van der Waals surface area contributed by atoms with Crippen LogP contribution >= 0.6 is 19.4 Å². The number of aliphatic hydroxyl groups excluding tert-OH is 1. The van der Waals surface area contributed by atoms with E-state index in [4.69, 9.17) is 18.5 Å². The molecule has 0 bridgehead atoms. The van der Waals surface area contributed by atoms with Gasteiger partial charge in [-0.2, -0.15) is 9.42 Å². The fourth-order valence-electron chi connectivity index (χ4n) is 4.18. The van der Waals surface area contributed by atoms with Crippen LogP contribution in [0, 0.1) is 6.92 Å². The summed E-state index contributed by atoms with van der Waals surface area (Å²) in [5.74, 6) is -0.504. The summed E-state index contributed by atoms with van der Waals surface area (Å²) in [6, 6.07) is 6.55. The smallest absolute Gasteiger partial charge is 0.462 e. The van der Waals surface area contributed by atoms with Crippen molar-refractivity contribution in [2.45, 2.75) is 70.9 Å². The van der Waals surface area contributed by atoms with E-state index in [0.717, 1.165) is 40.0 Å². The summed E-state index contributed by atoms with van der Waals surface area (Å²) >= 11 is 1.50. The zero-order valence-corrected chi connectivity index (χ0v) is 25.2. The van der Waals surface area contributed by atoms with Crippen molar-refractivity contribution in [2.24, 2.45) is 0 Å². The summed E-state index contributed by atoms with van der Waals surface area (Å²) in [5.41, 5.74) is -2.53. The van der Waals surface area contributed by atoms with Gasteiger partial charge in [-0.25, -0.2) is 14.2 Å². The Hall–Kier alpha value is -3.04. The number of benzene rings is 1. The van der Waals surface area contributed by atoms with Gasteiger partial charge >= 0.3 is 19.8 Å². The zero-order valence-electron chi connectivity index (χ0n) is 23.5. The molecule has 13 nitrogen and oxygen atoms in total. The number of H-pyrrole nitrogens is 1. The van der Waals surface area contributed by atoms with Crippen LogP contribution in [0.15, 0.2) is 51.5 Å². The largest absolute Gasteiger partial charge is 0.544 e. The van der Waals surface area contributed by atoms with Gasteiger partial charge in [0, 0.05) is 23.2 Å². The molecule has 0 amide bonds. The van der Waals surface area contributed by atoms with Crippen molar-refractivity contribution in [1.29, 1.82) is 0 Å². The Morgan fingerprint density at radius 2 is 1.98 bits per heavy atom. The molecule has 3 aromatic rings. The average Bonchev–Trinajstić information content (AvgIpc) is 3.43. The third-order valence-corrected chi connectivity index (χ3v) is 8.74. The lowest BCUT2D eigenvalue weighted by atomic mass is 9.98. The van der Waals surface area contributed by atoms with Crippen molar-refractivity contribution in [2.75, 3.05) is 6.61 Å². The number of aryl methyl sites for hydroxylation is 1. The van der Waals surface area contributed by atoms with Crippen LogP contribution in [-0.4, -0.2) is 67.1 Å². The molecule has 16 heteroatoms. The molecule has 1 saturated heterocycles. The number of carbonyl (C=O) groups is 1. The van der Waals surface area contributed by atoms with E-state index >= 15 is 4.39 Å². The number of nitrogens with one attached hydrogen (secondary N) is 2. The molecule has 1 aliphatic rings. The number of aliphatic hydroxyl groups is 1. The molecule has 42 heavy (non-hydrogen) atoms. The second kappa shape index (κ2) is 12.7. The van der Waals surface area contributed by atoms with Crippen LogP contribution in [-0.2, 0) is 18.8 Å². The van der Waals surface area contributed by atoms with Crippen LogP contribution < -0.4 is 20.9 Å². The van der Waals surface area contributed by atoms with Crippen LogP contribution in [0.2, 0.25) is 0 Å². The van der Waals surface area contributed by atoms with Crippen molar-refractivity contribution in [3.63, 3.8) is 0 Å². The zero-order chi connectivity index (χ0) is 30.8. The highest BCUT2D eigenvalue weighted by atomic mass is 32.1. The molecule has 0 radical (unpaired) electrons. The molecule has 228 valence electrons. The Balaban J connectivity index is 1.54. The van der Waals surface area contributed by atoms with Gasteiger partial charge in [0.2, 0.25) is 0 Å². The van der Waals surface area contributed by atoms with E-state index in [2.05, 4.69) is 10.1 Å². The van der Waals surface area contributed by atoms with Gasteiger partial charge in [0.15, 0.2) is 17.6 Å². The van der Waals surface area contributed by atoms with Crippen molar-refractivity contribution in [3.05, 3.63) is 67.8 Å². The molecular weight excluding hydrogens is 594 g/mol. The van der Waals surface area contributed by atoms with Gasteiger partial charge in [0.05, 0.1) is 16.8 Å². The second-order valence-electron chi connectivity index (χ2n) is 10.2. The third-order valence-electron chi connectivity index (χ3n) is 6.30. The molecule has 0 aliphatic carbocycles. The maximum atomic E-state index is 15.6. The Bertz CT molecular complexity index is 1510. The maximum absolute atomic E-state index is 15.6. The number of thiazole rings is 1. The predicted octanol–water partition coefficient (Wildman–Crippen LogP) is 2.65. The Kier molecular flexibility index (Phi) is 9.62. The molecule has 0 spiro atoms. The maximum Gasteiger partial charge on any atom is 0.544 e. The second-order valence-corrected chi connectivity index (χ2v) is 13.0. The quantitative estimate of drug-likeness (QED) is 0.182. The van der Waals surface area contributed by atoms with E-state index in [1.165, 1.54) is 18.3 Å². The molecule has 6 atom stereocenters. The fraction of sp³-hybridized carbons (Fsp3) is 0.462. The van der Waals surface area contributed by atoms with Gasteiger partial charge in [-0.15, -0.1) is 11.3 Å². The minimum absolute atomic E-state index is 0.180. The van der Waals surface area contributed by atoms with Gasteiger partial charge in [0.1, 0.15) is 24.9 Å². The van der Waals surface area contributed by atoms with Crippen LogP contribution in [0.4, 0.5) is 4.39 Å². The van der Waals surface area contributed by atoms with Crippen molar-refractivity contribution < 1.29 is 37.7 Å². The first-order chi connectivity index (χ1) is 19.7. The first-order valence-electron chi connectivity index (χ1n) is 13.0. The minimum atomic E-state index is -4.15. The van der Waals surface area contributed by atoms with E-state index in [1.54, 1.807) is 38.1 Å². The molecule has 4 rings (SSSR count). The van der Waals surface area contributed by atoms with Crippen LogP contribution in [0.1, 0.15) is 38.9 Å². The number of carbonyl (C=O) groups excluding carboxylic acids is 1. The van der Waals surface area contributed by atoms with Crippen LogP contribution in [0.5, 0.6) is 5.75 Å². The number of halogens is 1. The summed E-state index contributed by atoms with van der Waals surface area (Å²) in [7, 11) is -4.15. The fourth-order valence-corrected chi connectivity index (χ4v) is 6.34. The van der Waals surface area contributed by atoms with Gasteiger partial charge in [-0.05, 0) is 58.9 Å². The number of hydrogen-bond donors (Lipinski definition) is 4. The number of ether oxygens (including phenoxy) is 2. The lowest BCUT2D eigenvalue weighted by molar-refractivity contribution is -0.149. The highest BCUT2D eigenvalue weighted by Crippen LogP contribution is 2.54. The highest BCUT2D eigenvalue weighted by molar-refractivity contribution is 7.59. The molecule has 3 heterocycles. The minimum Gasteiger partial charge on any atom is -0.462 e. The number of hydrogen-bond acceptors (Lipinski definition) is 12. The molecule has 1 unspecified atom stereocenters. The Morgan fingerprint density at radius 1 is 1.29 bits per heavy atom. The van der Waals surface area contributed by atoms with Crippen LogP contribution in [0.25, 0.3) is 11.3 Å². The van der Waals surface area contributed by atoms with E-state index < -0.39 is 68.2 Å². The van der Waals surface area contributed by atoms with Crippen molar-refractivity contribution in [3.8, 4) is 17.0 Å². The molecule has 1 aromatic carbocycles. The lowest BCUT2D eigenvalue weighted by Gasteiger charge is -2.24. The van der Waals surface area contributed by atoms with Crippen LogP contribution in [0.3, 0.4) is 0 Å². The summed E-state index contributed by atoms with van der Waals surface area (Å²) in [6.07, 6.45) is -4.18. The SMILES string of the molecule is Cc1nc(-c2ccc(O[P+](O)(N[C@@H](C)C(=O)OC(C)C)OC[C@H]3O[C@@H](n4ccc(=O)[nH]c4=O)[C@](C)(F)[C@@H]3O)cc2)cs1. The predicted molar refractivity (Wildman–Crippen MR) is 153 cm³/mol. The lowest BCUT2D eigenvalue weighted by Crippen LogP contribution is -2.44. The topological polar surface area (TPSA) is 174 Å². The van der Waals surface area contributed by atoms with E-state index in [-0.39, 0.29) is 5.75 Å². The number of aromatic nitrogens is 3. The number of rotatable bonds is 11. The van der Waals surface area contributed by atoms with E-state index in [1.807, 2.05) is 17.3 Å². The summed E-state index contributed by atoms with van der Waals surface area (Å²) in [6.45, 7) is 7.10. The molecule has 1 aliphatic heterocycles. The van der Waals surface area contributed by atoms with E-state index in [9.17, 15) is 24.4 Å². The summed E-state index contributed by atoms with van der Waals surface area (Å²) in [5, 5.41) is 16.1. The van der Waals surface area contributed by atoms with Gasteiger partial charge in [-0.1, -0.05) is 5.09 Å². The molecule has 1 fully saturated rings. The molecular formula is C26H33FN4O9PS+. The summed E-state index contributed by atoms with van der Waals surface area (Å²) < 4.78 is 38.7. The first-order valence-corrected chi connectivity index (χ1v) is 15.4. The van der Waals surface area contributed by atoms with Gasteiger partial charge < -0.3 is 14.6 Å². The molecule has 2 aromatic heterocycles. The van der Waals surface area contributed by atoms with E-state index in [0.29, 0.717) is 0 Å². The van der Waals surface area contributed by atoms with Crippen molar-refractivity contribution >= 4 is 25.4 Å². The normalized spacial score (nSPS) is 24.4. The Labute approximate surface area is 244 Å². The Morgan fingerprint density at radius 3 is 2.57 bits per heavy atom. The van der Waals surface area contributed by atoms with Gasteiger partial charge in [0.25, 0.3) is 5.56 Å². The average molecular weight is 628 g/mol. The first kappa shape index (κ1) is 31.9. The standard InChI is InChI=1S/C26H32FN4O9PS/c1-14(2)38-23(34)15(3)30-41(36,40-18-8-6-17(7-9-18)19-13-42-16(4)28-19)37-12-20-22(33)26(5,27)24(39-20)31-11-10-21(32)29-25(31)35/h6-11,13-15,20,22,24,30,33,36H,12H2,1-5H3/p+1/t15-,20+,22+,24+,26+,41?/m0/s1. The number of alkyl halides is 1. The molecule has 4 N–H and O–H groups in total. The monoisotopic (exact) mass is 627 g/mol. The molecule has 0 saturated carbocycles. The number of esters is 1.